The summed E-state index contributed by atoms with van der Waals surface area (Å²) in [4.78, 5) is 22.3. The van der Waals surface area contributed by atoms with Gasteiger partial charge in [-0.05, 0) is 62.2 Å². The van der Waals surface area contributed by atoms with Gasteiger partial charge in [0.15, 0.2) is 5.13 Å². The first-order chi connectivity index (χ1) is 16.8. The van der Waals surface area contributed by atoms with Gasteiger partial charge in [-0.1, -0.05) is 18.3 Å². The monoisotopic (exact) mass is 514 g/mol. The molecular formula is C25H30N4O4S2. The van der Waals surface area contributed by atoms with Gasteiger partial charge in [0, 0.05) is 45.3 Å². The Morgan fingerprint density at radius 1 is 1.00 bits per heavy atom. The van der Waals surface area contributed by atoms with E-state index in [0.717, 1.165) is 54.4 Å². The molecule has 0 unspecified atom stereocenters. The normalized spacial score (nSPS) is 18.7. The Morgan fingerprint density at radius 3 is 2.37 bits per heavy atom. The van der Waals surface area contributed by atoms with Crippen LogP contribution in [0, 0.1) is 5.92 Å². The summed E-state index contributed by atoms with van der Waals surface area (Å²) in [6.45, 7) is 7.12. The third kappa shape index (κ3) is 5.20. The summed E-state index contributed by atoms with van der Waals surface area (Å²) in [6.07, 6.45) is 1.73. The number of carbonyl (C=O) groups is 1. The molecule has 2 aliphatic heterocycles. The molecule has 186 valence electrons. The number of sulfonamides is 1. The molecule has 0 aliphatic carbocycles. The van der Waals surface area contributed by atoms with E-state index in [2.05, 4.69) is 23.8 Å². The molecule has 2 fully saturated rings. The number of ether oxygens (including phenoxy) is 1. The van der Waals surface area contributed by atoms with E-state index in [-0.39, 0.29) is 4.90 Å². The van der Waals surface area contributed by atoms with Crippen LogP contribution in [-0.4, -0.2) is 74.9 Å². The molecule has 2 aromatic carbocycles. The molecule has 0 amide bonds. The summed E-state index contributed by atoms with van der Waals surface area (Å²) in [6, 6.07) is 11.4. The quantitative estimate of drug-likeness (QED) is 0.379. The van der Waals surface area contributed by atoms with E-state index in [4.69, 9.17) is 9.72 Å². The molecule has 0 bridgehead atoms. The van der Waals surface area contributed by atoms with Gasteiger partial charge >= 0.3 is 5.97 Å². The minimum absolute atomic E-state index is 0.200. The number of hydrogen-bond acceptors (Lipinski definition) is 8. The van der Waals surface area contributed by atoms with Crippen molar-refractivity contribution in [2.24, 2.45) is 5.92 Å². The number of aromatic nitrogens is 1. The Kier molecular flexibility index (Phi) is 6.80. The van der Waals surface area contributed by atoms with E-state index in [1.165, 1.54) is 28.6 Å². The van der Waals surface area contributed by atoms with Gasteiger partial charge < -0.3 is 14.5 Å². The number of nitrogens with zero attached hydrogens (tertiary/aromatic N) is 4. The van der Waals surface area contributed by atoms with E-state index >= 15 is 0 Å². The Labute approximate surface area is 210 Å². The average molecular weight is 515 g/mol. The Morgan fingerprint density at radius 2 is 1.69 bits per heavy atom. The number of piperazine rings is 1. The minimum Gasteiger partial charge on any atom is -0.423 e. The molecule has 0 radical (unpaired) electrons. The van der Waals surface area contributed by atoms with Crippen molar-refractivity contribution in [2.75, 3.05) is 51.2 Å². The van der Waals surface area contributed by atoms with Crippen LogP contribution in [0.25, 0.3) is 10.2 Å². The van der Waals surface area contributed by atoms with Gasteiger partial charge in [-0.15, -0.1) is 0 Å². The molecule has 3 heterocycles. The predicted octanol–water partition coefficient (Wildman–Crippen LogP) is 3.69. The maximum Gasteiger partial charge on any atom is 0.343 e. The van der Waals surface area contributed by atoms with Gasteiger partial charge in [-0.25, -0.2) is 18.2 Å². The highest BCUT2D eigenvalue weighted by Gasteiger charge is 2.28. The molecule has 5 rings (SSSR count). The van der Waals surface area contributed by atoms with Crippen molar-refractivity contribution in [2.45, 2.75) is 24.7 Å². The lowest BCUT2D eigenvalue weighted by atomic mass is 10.0. The van der Waals surface area contributed by atoms with Gasteiger partial charge in [-0.2, -0.15) is 4.31 Å². The summed E-state index contributed by atoms with van der Waals surface area (Å²) in [5.74, 6) is 0.459. The summed E-state index contributed by atoms with van der Waals surface area (Å²) in [5.41, 5.74) is 1.18. The van der Waals surface area contributed by atoms with Crippen LogP contribution >= 0.6 is 11.3 Å². The molecule has 35 heavy (non-hydrogen) atoms. The lowest BCUT2D eigenvalue weighted by Crippen LogP contribution is -2.44. The van der Waals surface area contributed by atoms with Crippen molar-refractivity contribution in [1.29, 1.82) is 0 Å². The smallest absolute Gasteiger partial charge is 0.343 e. The van der Waals surface area contributed by atoms with E-state index < -0.39 is 16.0 Å². The fourth-order valence-corrected chi connectivity index (χ4v) is 6.91. The van der Waals surface area contributed by atoms with Gasteiger partial charge in [0.05, 0.1) is 20.7 Å². The van der Waals surface area contributed by atoms with Crippen molar-refractivity contribution < 1.29 is 17.9 Å². The zero-order chi connectivity index (χ0) is 24.6. The number of piperidine rings is 1. The highest BCUT2D eigenvalue weighted by Crippen LogP contribution is 2.32. The fraction of sp³-hybridized carbons (Fsp3) is 0.440. The van der Waals surface area contributed by atoms with Crippen LogP contribution in [-0.2, 0) is 10.0 Å². The Balaban J connectivity index is 1.26. The highest BCUT2D eigenvalue weighted by atomic mass is 32.2. The second-order valence-corrected chi connectivity index (χ2v) is 12.4. The fourth-order valence-electron chi connectivity index (χ4n) is 4.39. The summed E-state index contributed by atoms with van der Waals surface area (Å²) < 4.78 is 33.9. The maximum atomic E-state index is 12.9. The minimum atomic E-state index is -3.55. The van der Waals surface area contributed by atoms with Crippen molar-refractivity contribution >= 4 is 42.7 Å². The van der Waals surface area contributed by atoms with Crippen molar-refractivity contribution in [3.63, 3.8) is 0 Å². The molecular weight excluding hydrogens is 484 g/mol. The van der Waals surface area contributed by atoms with Crippen LogP contribution in [0.3, 0.4) is 0 Å². The van der Waals surface area contributed by atoms with Crippen molar-refractivity contribution in [3.05, 3.63) is 48.0 Å². The van der Waals surface area contributed by atoms with Gasteiger partial charge in [0.25, 0.3) is 0 Å². The molecule has 2 saturated heterocycles. The zero-order valence-corrected chi connectivity index (χ0v) is 21.6. The zero-order valence-electron chi connectivity index (χ0n) is 20.0. The number of rotatable bonds is 5. The number of hydrogen-bond donors (Lipinski definition) is 0. The number of anilines is 1. The topological polar surface area (TPSA) is 83.0 Å². The summed E-state index contributed by atoms with van der Waals surface area (Å²) in [7, 11) is -1.43. The molecule has 2 aliphatic rings. The third-order valence-corrected chi connectivity index (χ3v) is 9.80. The van der Waals surface area contributed by atoms with Crippen LogP contribution in [0.1, 0.15) is 30.1 Å². The van der Waals surface area contributed by atoms with E-state index in [9.17, 15) is 13.2 Å². The number of thiazole rings is 1. The number of esters is 1. The molecule has 1 aromatic heterocycles. The Bertz CT molecular complexity index is 1310. The van der Waals surface area contributed by atoms with Crippen LogP contribution < -0.4 is 9.64 Å². The van der Waals surface area contributed by atoms with E-state index in [1.54, 1.807) is 17.4 Å². The largest absolute Gasteiger partial charge is 0.423 e. The lowest BCUT2D eigenvalue weighted by molar-refractivity contribution is 0.0735. The van der Waals surface area contributed by atoms with E-state index in [0.29, 0.717) is 30.3 Å². The van der Waals surface area contributed by atoms with Crippen LogP contribution in [0.5, 0.6) is 5.75 Å². The first-order valence-electron chi connectivity index (χ1n) is 12.0. The number of benzene rings is 2. The number of carbonyl (C=O) groups excluding carboxylic acids is 1. The molecule has 0 atom stereocenters. The Hall–Kier alpha value is -2.53. The molecule has 0 N–H and O–H groups in total. The number of fused-ring (bicyclic) bond motifs is 1. The van der Waals surface area contributed by atoms with Crippen LogP contribution in [0.15, 0.2) is 47.4 Å². The second kappa shape index (κ2) is 9.85. The number of likely N-dealkylation sites (N-methyl/N-ethyl adjacent to an activating group) is 1. The first kappa shape index (κ1) is 24.2. The van der Waals surface area contributed by atoms with Gasteiger partial charge in [0.1, 0.15) is 5.75 Å². The summed E-state index contributed by atoms with van der Waals surface area (Å²) in [5, 5.41) is 0.983. The first-order valence-corrected chi connectivity index (χ1v) is 14.2. The summed E-state index contributed by atoms with van der Waals surface area (Å²) >= 11 is 1.59. The molecule has 8 nitrogen and oxygen atoms in total. The van der Waals surface area contributed by atoms with Crippen molar-refractivity contribution in [3.8, 4) is 5.75 Å². The highest BCUT2D eigenvalue weighted by molar-refractivity contribution is 7.89. The standard InChI is InChI=1S/C25H30N4O4S2/c1-18-9-11-29(12-10-18)35(31,32)21-6-3-19(4-7-21)24(30)33-20-5-8-22-23(17-20)34-25(26-22)28-15-13-27(2)14-16-28/h3-8,17-18H,9-16H2,1-2H3. The average Bonchev–Trinajstić information content (AvgIpc) is 3.28. The van der Waals surface area contributed by atoms with Gasteiger partial charge in [0.2, 0.25) is 10.0 Å². The lowest BCUT2D eigenvalue weighted by Gasteiger charge is -2.31. The van der Waals surface area contributed by atoms with Gasteiger partial charge in [-0.3, -0.25) is 0 Å². The predicted molar refractivity (Wildman–Crippen MR) is 138 cm³/mol. The maximum absolute atomic E-state index is 12.9. The van der Waals surface area contributed by atoms with Crippen LogP contribution in [0.4, 0.5) is 5.13 Å². The molecule has 0 saturated carbocycles. The molecule has 3 aromatic rings. The molecule has 0 spiro atoms. The SMILES string of the molecule is CC1CCN(S(=O)(=O)c2ccc(C(=O)Oc3ccc4nc(N5CCN(C)CC5)sc4c3)cc2)CC1. The van der Waals surface area contributed by atoms with E-state index in [1.807, 2.05) is 12.1 Å². The van der Waals surface area contributed by atoms with Crippen LogP contribution in [0.2, 0.25) is 0 Å². The third-order valence-electron chi connectivity index (χ3n) is 6.80. The molecule has 10 heteroatoms. The second-order valence-electron chi connectivity index (χ2n) is 9.42. The van der Waals surface area contributed by atoms with Crippen molar-refractivity contribution in [1.82, 2.24) is 14.2 Å².